The first-order valence-corrected chi connectivity index (χ1v) is 24.5. The van der Waals surface area contributed by atoms with Crippen molar-refractivity contribution in [3.63, 3.8) is 0 Å². The summed E-state index contributed by atoms with van der Waals surface area (Å²) >= 11 is 0. The van der Waals surface area contributed by atoms with Crippen molar-refractivity contribution in [2.45, 2.75) is 187 Å². The summed E-state index contributed by atoms with van der Waals surface area (Å²) in [6.07, 6.45) is 3.76. The molecule has 2 unspecified atom stereocenters. The number of carbonyl (C=O) groups is 7. The third kappa shape index (κ3) is 12.7. The highest BCUT2D eigenvalue weighted by Crippen LogP contribution is 2.66. The van der Waals surface area contributed by atoms with Crippen LogP contribution in [0.1, 0.15) is 169 Å². The number of ketones is 3. The lowest BCUT2D eigenvalue weighted by Gasteiger charge is -2.38. The molecular weight excluding hydrogens is 825 g/mol. The minimum atomic E-state index is -1.35. The minimum absolute atomic E-state index is 0.0408. The van der Waals surface area contributed by atoms with E-state index >= 15 is 0 Å². The number of methoxy groups -OCH3 is 2. The number of Topliss-reactive ketones (excluding diaryl/α,β-unsaturated/α-hetero) is 3. The first kappa shape index (κ1) is 54.5. The van der Waals surface area contributed by atoms with E-state index in [2.05, 4.69) is 27.7 Å². The van der Waals surface area contributed by atoms with Gasteiger partial charge in [0.2, 0.25) is 11.8 Å². The number of hydrogen-bond acceptors (Lipinski definition) is 10. The molecule has 1 N–H and O–H groups in total. The minimum Gasteiger partial charge on any atom is -0.467 e. The van der Waals surface area contributed by atoms with E-state index in [0.29, 0.717) is 44.2 Å². The number of amides is 2. The molecule has 2 saturated heterocycles. The van der Waals surface area contributed by atoms with Gasteiger partial charge < -0.3 is 24.4 Å². The number of ether oxygens (including phenoxy) is 2. The molecule has 2 heterocycles. The molecule has 0 radical (unpaired) electrons. The van der Waals surface area contributed by atoms with Gasteiger partial charge in [-0.25, -0.2) is 9.59 Å². The van der Waals surface area contributed by atoms with Gasteiger partial charge >= 0.3 is 11.9 Å². The van der Waals surface area contributed by atoms with Gasteiger partial charge in [0, 0.05) is 68.9 Å². The Balaban J connectivity index is 0.000000302. The second-order valence-corrected chi connectivity index (χ2v) is 26.5. The monoisotopic (exact) mass is 913 g/mol. The Hall–Kier alpha value is -3.15. The van der Waals surface area contributed by atoms with E-state index in [1.807, 2.05) is 83.1 Å². The van der Waals surface area contributed by atoms with E-state index in [4.69, 9.17) is 9.47 Å². The Labute approximate surface area is 391 Å². The number of aliphatic hydroxyl groups excluding tert-OH is 1. The molecule has 12 nitrogen and oxygen atoms in total. The maximum absolute atomic E-state index is 14.1. The molecule has 5 fully saturated rings. The maximum atomic E-state index is 14.1. The molecule has 370 valence electrons. The molecule has 2 aliphatic heterocycles. The van der Waals surface area contributed by atoms with Crippen LogP contribution in [0.3, 0.4) is 0 Å². The number of likely N-dealkylation sites (tertiary alicyclic amines) is 2. The summed E-state index contributed by atoms with van der Waals surface area (Å²) in [7, 11) is 2.62. The molecule has 0 aromatic carbocycles. The molecule has 12 heteroatoms. The van der Waals surface area contributed by atoms with Gasteiger partial charge in [-0.2, -0.15) is 0 Å². The molecule has 3 aliphatic carbocycles. The van der Waals surface area contributed by atoms with Crippen molar-refractivity contribution >= 4 is 41.1 Å². The smallest absolute Gasteiger partial charge is 0.334 e. The van der Waals surface area contributed by atoms with Gasteiger partial charge in [-0.1, -0.05) is 130 Å². The summed E-state index contributed by atoms with van der Waals surface area (Å²) in [5, 5.41) is 10.7. The Morgan fingerprint density at radius 3 is 1.35 bits per heavy atom. The van der Waals surface area contributed by atoms with Crippen LogP contribution in [0.4, 0.5) is 0 Å². The predicted molar refractivity (Wildman–Crippen MR) is 251 cm³/mol. The number of rotatable bonds is 16. The number of nitrogens with zero attached hydrogens (tertiary/aromatic N) is 2. The van der Waals surface area contributed by atoms with E-state index in [9.17, 15) is 38.7 Å². The summed E-state index contributed by atoms with van der Waals surface area (Å²) in [4.78, 5) is 95.2. The molecule has 5 aliphatic rings. The standard InChI is InChI=1S/C31H51NO6.C22H37NO4/c1-29(2,3)16-20(33)15-21(30(4,5)6)27(36)32-17-22-24(31(22,7)8)25(32)23(34)14-19(13-18-11-10-12-18)26(35)28(37)38-9;1-20(2,3)11-13(24)10-14(21(4,5)6)18(25)23-12-15-16(22(15,7)8)17(23)19(26)27-9/h18-19,21-22,24-26,35H,10-17H2,1-9H3;14-17H,10-12H2,1-9H3/t19?,21-,22+,24+,25-,26?;14-,15+,16+,17+/m11/s1. The molecule has 0 spiro atoms. The topological polar surface area (TPSA) is 165 Å². The molecule has 0 bridgehead atoms. The lowest BCUT2D eigenvalue weighted by Crippen LogP contribution is -2.51. The molecule has 0 aromatic rings. The van der Waals surface area contributed by atoms with Gasteiger partial charge in [-0.3, -0.25) is 24.0 Å². The number of hydrogen-bond donors (Lipinski definition) is 1. The van der Waals surface area contributed by atoms with Crippen LogP contribution < -0.4 is 0 Å². The van der Waals surface area contributed by atoms with Crippen molar-refractivity contribution in [2.75, 3.05) is 27.3 Å². The third-order valence-corrected chi connectivity index (χ3v) is 16.0. The number of fused-ring (bicyclic) bond motifs is 2. The lowest BCUT2D eigenvalue weighted by atomic mass is 9.74. The third-order valence-electron chi connectivity index (χ3n) is 16.0. The average molecular weight is 913 g/mol. The molecule has 65 heavy (non-hydrogen) atoms. The van der Waals surface area contributed by atoms with Crippen molar-refractivity contribution in [1.29, 1.82) is 0 Å². The molecular formula is C53H88N2O10. The average Bonchev–Trinajstić information content (AvgIpc) is 3.59. The highest BCUT2D eigenvalue weighted by atomic mass is 16.5. The van der Waals surface area contributed by atoms with Crippen LogP contribution >= 0.6 is 0 Å². The Kier molecular flexibility index (Phi) is 16.3. The molecule has 10 atom stereocenters. The van der Waals surface area contributed by atoms with Crippen molar-refractivity contribution in [3.8, 4) is 0 Å². The SMILES string of the molecule is COC(=O)C(O)C(CC(=O)[C@@H]1[C@@H]2[C@H](CN1C(=O)[C@@H](CC(=O)CC(C)(C)C)C(C)(C)C)C2(C)C)CC1CCC1.COC(=O)[C@@H]1[C@@H]2[C@H](CN1C(=O)[C@@H](CC(=O)CC(C)(C)C)C(C)(C)C)C2(C)C. The maximum Gasteiger partial charge on any atom is 0.334 e. The van der Waals surface area contributed by atoms with E-state index < -0.39 is 47.3 Å². The fourth-order valence-corrected chi connectivity index (χ4v) is 11.7. The zero-order valence-electron chi connectivity index (χ0n) is 43.6. The molecule has 0 aromatic heterocycles. The van der Waals surface area contributed by atoms with Crippen molar-refractivity contribution < 1.29 is 48.1 Å². The van der Waals surface area contributed by atoms with Crippen LogP contribution in [0.15, 0.2) is 0 Å². The fourth-order valence-electron chi connectivity index (χ4n) is 11.7. The Bertz CT molecular complexity index is 1800. The molecule has 5 rings (SSSR count). The lowest BCUT2D eigenvalue weighted by molar-refractivity contribution is -0.156. The number of aliphatic hydroxyl groups is 1. The van der Waals surface area contributed by atoms with Gasteiger partial charge in [0.05, 0.1) is 20.3 Å². The van der Waals surface area contributed by atoms with Crippen molar-refractivity contribution in [1.82, 2.24) is 9.80 Å². The summed E-state index contributed by atoms with van der Waals surface area (Å²) < 4.78 is 9.82. The van der Waals surface area contributed by atoms with Gasteiger partial charge in [0.1, 0.15) is 17.6 Å². The molecule has 3 saturated carbocycles. The van der Waals surface area contributed by atoms with E-state index in [1.54, 1.807) is 9.80 Å². The molecule has 2 amide bonds. The van der Waals surface area contributed by atoms with Crippen LogP contribution in [0, 0.1) is 79.8 Å². The fraction of sp³-hybridized carbons (Fsp3) is 0.868. The van der Waals surface area contributed by atoms with E-state index in [1.165, 1.54) is 14.2 Å². The van der Waals surface area contributed by atoms with Crippen LogP contribution in [-0.2, 0) is 43.0 Å². The van der Waals surface area contributed by atoms with E-state index in [-0.39, 0.29) is 99.2 Å². The summed E-state index contributed by atoms with van der Waals surface area (Å²) in [5.74, 6) is -1.45. The van der Waals surface area contributed by atoms with Crippen LogP contribution in [0.25, 0.3) is 0 Å². The number of esters is 2. The summed E-state index contributed by atoms with van der Waals surface area (Å²) in [5.41, 5.74) is -1.02. The van der Waals surface area contributed by atoms with Crippen LogP contribution in [0.5, 0.6) is 0 Å². The highest BCUT2D eigenvalue weighted by Gasteiger charge is 2.71. The second-order valence-electron chi connectivity index (χ2n) is 26.5. The summed E-state index contributed by atoms with van der Waals surface area (Å²) in [6, 6.07) is -1.11. The summed E-state index contributed by atoms with van der Waals surface area (Å²) in [6.45, 7) is 33.8. The van der Waals surface area contributed by atoms with Gasteiger partial charge in [0.15, 0.2) is 11.9 Å². The first-order valence-electron chi connectivity index (χ1n) is 24.5. The largest absolute Gasteiger partial charge is 0.467 e. The normalized spacial score (nSPS) is 27.4. The van der Waals surface area contributed by atoms with Crippen LogP contribution in [0.2, 0.25) is 0 Å². The van der Waals surface area contributed by atoms with Crippen molar-refractivity contribution in [2.24, 2.45) is 79.8 Å². The van der Waals surface area contributed by atoms with E-state index in [0.717, 1.165) is 19.3 Å². The quantitative estimate of drug-likeness (QED) is 0.149. The number of carbonyl (C=O) groups excluding carboxylic acids is 7. The van der Waals surface area contributed by atoms with Gasteiger partial charge in [-0.05, 0) is 62.6 Å². The first-order chi connectivity index (χ1) is 29.5. The zero-order valence-corrected chi connectivity index (χ0v) is 43.6. The Morgan fingerprint density at radius 2 is 1.02 bits per heavy atom. The van der Waals surface area contributed by atoms with Crippen LogP contribution in [-0.4, -0.2) is 102 Å². The zero-order chi connectivity index (χ0) is 49.7. The van der Waals surface area contributed by atoms with Gasteiger partial charge in [0.25, 0.3) is 0 Å². The second kappa shape index (κ2) is 19.5. The van der Waals surface area contributed by atoms with Gasteiger partial charge in [-0.15, -0.1) is 0 Å². The predicted octanol–water partition coefficient (Wildman–Crippen LogP) is 8.53. The highest BCUT2D eigenvalue weighted by molar-refractivity contribution is 5.94. The Morgan fingerprint density at radius 1 is 0.615 bits per heavy atom. The van der Waals surface area contributed by atoms with Crippen molar-refractivity contribution in [3.05, 3.63) is 0 Å². The number of piperidine rings is 2.